The van der Waals surface area contributed by atoms with Gasteiger partial charge in [-0.1, -0.05) is 34.1 Å². The molecule has 7 atom stereocenters. The van der Waals surface area contributed by atoms with Gasteiger partial charge in [0.2, 0.25) is 35.4 Å². The van der Waals surface area contributed by atoms with Crippen LogP contribution in [-0.2, 0) is 38.4 Å². The number of primary amides is 1. The second kappa shape index (κ2) is 21.0. The molecule has 6 amide bonds. The molecule has 17 nitrogen and oxygen atoms in total. The standard InChI is InChI=1S/C28H49N7O10S/c1-7-14(4)22(27(43)34-19(12-21(37)38)25(41)31-16(28(44)45)8-9-46-6)35-26(42)17(10-13(2)3)33-24(40)18(11-20(30)36)32-23(39)15(5)29/h13-19,22H,7-12,29H2,1-6H3,(H2,30,36)(H,31,41)(H,32,39)(H,33,40)(H,34,43)(H,35,42)(H,37,38)(H,44,45)/t14-,15-,16-,17-,18-,19-,22-/m0/s1. The smallest absolute Gasteiger partial charge is 0.326 e. The van der Waals surface area contributed by atoms with Crippen molar-refractivity contribution in [3.05, 3.63) is 0 Å². The molecular formula is C28H49N7O10S. The minimum Gasteiger partial charge on any atom is -0.481 e. The topological polar surface area (TPSA) is 289 Å². The van der Waals surface area contributed by atoms with Gasteiger partial charge in [-0.25, -0.2) is 4.79 Å². The van der Waals surface area contributed by atoms with Crippen LogP contribution in [0.4, 0.5) is 0 Å². The van der Waals surface area contributed by atoms with Gasteiger partial charge in [-0.2, -0.15) is 11.8 Å². The molecule has 0 aromatic carbocycles. The van der Waals surface area contributed by atoms with Gasteiger partial charge in [-0.05, 0) is 43.6 Å². The molecule has 0 spiro atoms. The van der Waals surface area contributed by atoms with E-state index in [9.17, 15) is 48.6 Å². The van der Waals surface area contributed by atoms with E-state index < -0.39 is 102 Å². The normalized spacial score (nSPS) is 15.6. The summed E-state index contributed by atoms with van der Waals surface area (Å²) in [5.41, 5.74) is 10.8. The second-order valence-corrected chi connectivity index (χ2v) is 12.4. The lowest BCUT2D eigenvalue weighted by Crippen LogP contribution is -2.61. The fraction of sp³-hybridized carbons (Fsp3) is 0.714. The van der Waals surface area contributed by atoms with Gasteiger partial charge in [0.1, 0.15) is 30.2 Å². The number of nitrogens with one attached hydrogen (secondary N) is 5. The number of hydrogen-bond acceptors (Lipinski definition) is 10. The number of carboxylic acid groups (broad SMARTS) is 2. The molecule has 0 saturated heterocycles. The molecule has 0 saturated carbocycles. The first kappa shape index (κ1) is 42.1. The van der Waals surface area contributed by atoms with Gasteiger partial charge < -0.3 is 48.3 Å². The SMILES string of the molecule is CC[C@H](C)[C@H](NC(=O)[C@H](CC(C)C)NC(=O)[C@H](CC(N)=O)NC(=O)[C@H](C)N)C(=O)N[C@@H](CC(=O)O)C(=O)N[C@@H](CCSC)C(=O)O. The Morgan fingerprint density at radius 3 is 1.61 bits per heavy atom. The van der Waals surface area contributed by atoms with Crippen LogP contribution in [0.15, 0.2) is 0 Å². The number of carboxylic acids is 2. The van der Waals surface area contributed by atoms with Crippen molar-refractivity contribution < 1.29 is 48.6 Å². The Bertz CT molecular complexity index is 1100. The van der Waals surface area contributed by atoms with Crippen LogP contribution in [0.2, 0.25) is 0 Å². The van der Waals surface area contributed by atoms with Gasteiger partial charge >= 0.3 is 11.9 Å². The van der Waals surface area contributed by atoms with Crippen LogP contribution in [-0.4, -0.2) is 106 Å². The van der Waals surface area contributed by atoms with Gasteiger partial charge in [0.05, 0.1) is 18.9 Å². The molecule has 0 aliphatic heterocycles. The van der Waals surface area contributed by atoms with E-state index in [2.05, 4.69) is 26.6 Å². The highest BCUT2D eigenvalue weighted by Crippen LogP contribution is 2.12. The van der Waals surface area contributed by atoms with Crippen molar-refractivity contribution in [1.82, 2.24) is 26.6 Å². The van der Waals surface area contributed by atoms with E-state index in [1.165, 1.54) is 18.7 Å². The highest BCUT2D eigenvalue weighted by molar-refractivity contribution is 7.98. The van der Waals surface area contributed by atoms with E-state index in [1.807, 2.05) is 0 Å². The lowest BCUT2D eigenvalue weighted by Gasteiger charge is -2.29. The maximum absolute atomic E-state index is 13.5. The number of carbonyl (C=O) groups excluding carboxylic acids is 6. The zero-order valence-electron chi connectivity index (χ0n) is 27.1. The molecule has 0 unspecified atom stereocenters. The number of aliphatic carboxylic acids is 2. The lowest BCUT2D eigenvalue weighted by molar-refractivity contribution is -0.144. The van der Waals surface area contributed by atoms with E-state index in [0.717, 1.165) is 0 Å². The van der Waals surface area contributed by atoms with Gasteiger partial charge in [-0.15, -0.1) is 0 Å². The Balaban J connectivity index is 6.12. The number of thioether (sulfide) groups is 1. The lowest BCUT2D eigenvalue weighted by atomic mass is 9.96. The Morgan fingerprint density at radius 1 is 0.696 bits per heavy atom. The van der Waals surface area contributed by atoms with Crippen LogP contribution < -0.4 is 38.1 Å². The molecule has 262 valence electrons. The fourth-order valence-corrected chi connectivity index (χ4v) is 4.53. The minimum atomic E-state index is -1.67. The van der Waals surface area contributed by atoms with E-state index in [1.54, 1.807) is 34.0 Å². The summed E-state index contributed by atoms with van der Waals surface area (Å²) in [5, 5.41) is 30.8. The molecule has 0 fully saturated rings. The van der Waals surface area contributed by atoms with Gasteiger partial charge in [0.25, 0.3) is 0 Å². The molecule has 11 N–H and O–H groups in total. The molecule has 46 heavy (non-hydrogen) atoms. The number of nitrogens with two attached hydrogens (primary N) is 2. The predicted octanol–water partition coefficient (Wildman–Crippen LogP) is -1.96. The third-order valence-corrected chi connectivity index (χ3v) is 7.47. The number of hydrogen-bond donors (Lipinski definition) is 9. The molecule has 0 heterocycles. The van der Waals surface area contributed by atoms with E-state index in [-0.39, 0.29) is 18.8 Å². The fourth-order valence-electron chi connectivity index (χ4n) is 4.06. The van der Waals surface area contributed by atoms with Crippen LogP contribution >= 0.6 is 11.8 Å². The van der Waals surface area contributed by atoms with Crippen LogP contribution in [0, 0.1) is 11.8 Å². The quantitative estimate of drug-likeness (QED) is 0.0604. The van der Waals surface area contributed by atoms with Crippen LogP contribution in [0.1, 0.15) is 66.7 Å². The largest absolute Gasteiger partial charge is 0.481 e. The van der Waals surface area contributed by atoms with E-state index in [4.69, 9.17) is 11.5 Å². The van der Waals surface area contributed by atoms with E-state index >= 15 is 0 Å². The maximum Gasteiger partial charge on any atom is 0.326 e. The molecule has 0 aliphatic carbocycles. The maximum atomic E-state index is 13.5. The molecule has 18 heteroatoms. The molecule has 0 radical (unpaired) electrons. The van der Waals surface area contributed by atoms with E-state index in [0.29, 0.717) is 12.2 Å². The summed E-state index contributed by atoms with van der Waals surface area (Å²) < 4.78 is 0. The highest BCUT2D eigenvalue weighted by atomic mass is 32.2. The Morgan fingerprint density at radius 2 is 1.17 bits per heavy atom. The van der Waals surface area contributed by atoms with Crippen LogP contribution in [0.3, 0.4) is 0 Å². The second-order valence-electron chi connectivity index (χ2n) is 11.4. The molecule has 0 aromatic heterocycles. The van der Waals surface area contributed by atoms with Crippen molar-refractivity contribution in [2.24, 2.45) is 23.3 Å². The van der Waals surface area contributed by atoms with Crippen molar-refractivity contribution in [1.29, 1.82) is 0 Å². The minimum absolute atomic E-state index is 0.0553. The molecule has 0 bridgehead atoms. The summed E-state index contributed by atoms with van der Waals surface area (Å²) in [7, 11) is 0. The Kier molecular flexibility index (Phi) is 19.2. The summed E-state index contributed by atoms with van der Waals surface area (Å²) in [6, 6.07) is -7.99. The molecular weight excluding hydrogens is 626 g/mol. The monoisotopic (exact) mass is 675 g/mol. The van der Waals surface area contributed by atoms with Crippen molar-refractivity contribution >= 4 is 59.1 Å². The molecule has 0 aromatic rings. The van der Waals surface area contributed by atoms with Crippen molar-refractivity contribution in [2.75, 3.05) is 12.0 Å². The summed E-state index contributed by atoms with van der Waals surface area (Å²) in [4.78, 5) is 99.8. The number of amides is 6. The van der Waals surface area contributed by atoms with Crippen molar-refractivity contribution in [3.8, 4) is 0 Å². The predicted molar refractivity (Wildman–Crippen MR) is 169 cm³/mol. The van der Waals surface area contributed by atoms with Gasteiger partial charge in [0.15, 0.2) is 0 Å². The zero-order valence-corrected chi connectivity index (χ0v) is 27.9. The van der Waals surface area contributed by atoms with Gasteiger partial charge in [-0.3, -0.25) is 33.6 Å². The first-order valence-corrected chi connectivity index (χ1v) is 16.2. The highest BCUT2D eigenvalue weighted by Gasteiger charge is 2.35. The molecule has 0 aliphatic rings. The number of rotatable bonds is 22. The van der Waals surface area contributed by atoms with Crippen molar-refractivity contribution in [3.63, 3.8) is 0 Å². The Labute approximate surface area is 272 Å². The summed E-state index contributed by atoms with van der Waals surface area (Å²) in [6.45, 7) is 8.25. The van der Waals surface area contributed by atoms with Crippen LogP contribution in [0.5, 0.6) is 0 Å². The number of carbonyl (C=O) groups is 8. The molecule has 0 rings (SSSR count). The van der Waals surface area contributed by atoms with Crippen LogP contribution in [0.25, 0.3) is 0 Å². The average molecular weight is 676 g/mol. The summed E-state index contributed by atoms with van der Waals surface area (Å²) in [6.07, 6.45) is 0.788. The average Bonchev–Trinajstić information content (AvgIpc) is 2.95. The summed E-state index contributed by atoms with van der Waals surface area (Å²) in [5.74, 6) is -8.36. The first-order chi connectivity index (χ1) is 21.3. The van der Waals surface area contributed by atoms with Crippen molar-refractivity contribution in [2.45, 2.75) is 103 Å². The summed E-state index contributed by atoms with van der Waals surface area (Å²) >= 11 is 1.35. The van der Waals surface area contributed by atoms with Gasteiger partial charge in [0, 0.05) is 0 Å². The third kappa shape index (κ3) is 15.9. The first-order valence-electron chi connectivity index (χ1n) is 14.8. The Hall–Kier alpha value is -3.93. The third-order valence-electron chi connectivity index (χ3n) is 6.82. The zero-order chi connectivity index (χ0) is 35.7.